The highest BCUT2D eigenvalue weighted by Gasteiger charge is 2.41. The molecule has 0 aromatic carbocycles. The van der Waals surface area contributed by atoms with Crippen molar-refractivity contribution in [3.05, 3.63) is 15.6 Å². The highest BCUT2D eigenvalue weighted by atomic mass is 32.1. The van der Waals surface area contributed by atoms with Gasteiger partial charge in [-0.3, -0.25) is 0 Å². The minimum Gasteiger partial charge on any atom is -0.477 e. The second-order valence-electron chi connectivity index (χ2n) is 6.39. The first-order valence-electron chi connectivity index (χ1n) is 7.19. The van der Waals surface area contributed by atoms with Crippen LogP contribution in [-0.2, 0) is 15.8 Å². The summed E-state index contributed by atoms with van der Waals surface area (Å²) in [7, 11) is 0. The maximum absolute atomic E-state index is 11.5. The van der Waals surface area contributed by atoms with E-state index in [4.69, 9.17) is 4.74 Å². The van der Waals surface area contributed by atoms with Crippen molar-refractivity contribution in [1.29, 1.82) is 0 Å². The normalized spacial score (nSPS) is 18.4. The topological polar surface area (TPSA) is 59.4 Å². The second-order valence-corrected chi connectivity index (χ2v) is 7.39. The summed E-state index contributed by atoms with van der Waals surface area (Å²) in [5, 5.41) is 10.3. The van der Waals surface area contributed by atoms with E-state index in [9.17, 15) is 9.90 Å². The standard InChI is InChI=1S/C15H23NO3S/c1-5-19-15(8-6-7-9-15)13-16-11(14(2,3)4)10(20-13)12(17)18/h5-9H2,1-4H3,(H,17,18). The van der Waals surface area contributed by atoms with Crippen LogP contribution in [0.25, 0.3) is 0 Å². The fourth-order valence-corrected chi connectivity index (χ4v) is 4.13. The maximum atomic E-state index is 11.5. The molecule has 112 valence electrons. The third-order valence-corrected chi connectivity index (χ3v) is 4.98. The van der Waals surface area contributed by atoms with Crippen molar-refractivity contribution in [1.82, 2.24) is 4.98 Å². The summed E-state index contributed by atoms with van der Waals surface area (Å²) < 4.78 is 5.99. The van der Waals surface area contributed by atoms with E-state index in [1.807, 2.05) is 27.7 Å². The van der Waals surface area contributed by atoms with Gasteiger partial charge in [-0.1, -0.05) is 33.6 Å². The summed E-state index contributed by atoms with van der Waals surface area (Å²) in [5.41, 5.74) is 0.0534. The van der Waals surface area contributed by atoms with Gasteiger partial charge in [-0.15, -0.1) is 11.3 Å². The first-order chi connectivity index (χ1) is 9.30. The van der Waals surface area contributed by atoms with Crippen molar-refractivity contribution in [3.63, 3.8) is 0 Å². The van der Waals surface area contributed by atoms with E-state index in [2.05, 4.69) is 4.98 Å². The van der Waals surface area contributed by atoms with Crippen LogP contribution in [0.5, 0.6) is 0 Å². The molecule has 0 saturated heterocycles. The quantitative estimate of drug-likeness (QED) is 0.914. The van der Waals surface area contributed by atoms with Gasteiger partial charge in [0.1, 0.15) is 15.5 Å². The van der Waals surface area contributed by atoms with Crippen LogP contribution in [0.1, 0.15) is 73.8 Å². The van der Waals surface area contributed by atoms with Crippen molar-refractivity contribution in [2.24, 2.45) is 0 Å². The molecule has 2 rings (SSSR count). The number of hydrogen-bond acceptors (Lipinski definition) is 4. The Bertz CT molecular complexity index is 496. The van der Waals surface area contributed by atoms with Crippen LogP contribution in [0.4, 0.5) is 0 Å². The van der Waals surface area contributed by atoms with E-state index in [-0.39, 0.29) is 11.0 Å². The van der Waals surface area contributed by atoms with Crippen LogP contribution < -0.4 is 0 Å². The molecule has 0 atom stereocenters. The van der Waals surface area contributed by atoms with Gasteiger partial charge in [-0.05, 0) is 19.8 Å². The molecular weight excluding hydrogens is 274 g/mol. The zero-order chi connectivity index (χ0) is 15.0. The number of ether oxygens (including phenoxy) is 1. The van der Waals surface area contributed by atoms with Crippen molar-refractivity contribution in [2.45, 2.75) is 64.4 Å². The Morgan fingerprint density at radius 1 is 1.40 bits per heavy atom. The van der Waals surface area contributed by atoms with Crippen LogP contribution in [0.15, 0.2) is 0 Å². The zero-order valence-corrected chi connectivity index (χ0v) is 13.5. The number of aromatic carboxylic acids is 1. The molecule has 5 heteroatoms. The van der Waals surface area contributed by atoms with Gasteiger partial charge in [0.25, 0.3) is 0 Å². The lowest BCUT2D eigenvalue weighted by molar-refractivity contribution is -0.0392. The largest absolute Gasteiger partial charge is 0.477 e. The molecule has 0 unspecified atom stereocenters. The smallest absolute Gasteiger partial charge is 0.347 e. The van der Waals surface area contributed by atoms with Gasteiger partial charge >= 0.3 is 5.97 Å². The second kappa shape index (κ2) is 5.45. The minimum absolute atomic E-state index is 0.269. The number of thiazole rings is 1. The maximum Gasteiger partial charge on any atom is 0.347 e. The third kappa shape index (κ3) is 2.74. The SMILES string of the molecule is CCOC1(c2nc(C(C)(C)C)c(C(=O)O)s2)CCCC1. The Labute approximate surface area is 124 Å². The fraction of sp³-hybridized carbons (Fsp3) is 0.733. The summed E-state index contributed by atoms with van der Waals surface area (Å²) in [6, 6.07) is 0. The number of carbonyl (C=O) groups is 1. The molecule has 0 spiro atoms. The van der Waals surface area contributed by atoms with Gasteiger partial charge < -0.3 is 9.84 Å². The predicted molar refractivity (Wildman–Crippen MR) is 79.5 cm³/mol. The van der Waals surface area contributed by atoms with E-state index < -0.39 is 5.97 Å². The highest BCUT2D eigenvalue weighted by Crippen LogP contribution is 2.45. The molecule has 1 heterocycles. The lowest BCUT2D eigenvalue weighted by atomic mass is 9.91. The first-order valence-corrected chi connectivity index (χ1v) is 8.01. The number of carboxylic acid groups (broad SMARTS) is 1. The molecule has 0 radical (unpaired) electrons. The lowest BCUT2D eigenvalue weighted by Crippen LogP contribution is -2.26. The van der Waals surface area contributed by atoms with Gasteiger partial charge in [-0.25, -0.2) is 9.78 Å². The summed E-state index contributed by atoms with van der Waals surface area (Å²) in [4.78, 5) is 16.5. The van der Waals surface area contributed by atoms with Crippen LogP contribution >= 0.6 is 11.3 Å². The van der Waals surface area contributed by atoms with E-state index in [1.165, 1.54) is 11.3 Å². The van der Waals surface area contributed by atoms with Crippen molar-refractivity contribution in [3.8, 4) is 0 Å². The summed E-state index contributed by atoms with van der Waals surface area (Å²) >= 11 is 1.29. The van der Waals surface area contributed by atoms with Gasteiger partial charge in [-0.2, -0.15) is 0 Å². The molecule has 1 aliphatic rings. The Morgan fingerprint density at radius 3 is 2.40 bits per heavy atom. The Kier molecular flexibility index (Phi) is 4.21. The molecule has 4 nitrogen and oxygen atoms in total. The average molecular weight is 297 g/mol. The number of rotatable bonds is 4. The Balaban J connectivity index is 2.49. The van der Waals surface area contributed by atoms with E-state index in [0.29, 0.717) is 17.2 Å². The molecular formula is C15H23NO3S. The molecule has 20 heavy (non-hydrogen) atoms. The number of hydrogen-bond donors (Lipinski definition) is 1. The van der Waals surface area contributed by atoms with Crippen molar-refractivity contribution in [2.75, 3.05) is 6.61 Å². The monoisotopic (exact) mass is 297 g/mol. The molecule has 1 fully saturated rings. The lowest BCUT2D eigenvalue weighted by Gasteiger charge is -2.26. The van der Waals surface area contributed by atoms with Gasteiger partial charge in [0.05, 0.1) is 5.69 Å². The molecule has 1 aliphatic carbocycles. The van der Waals surface area contributed by atoms with E-state index in [1.54, 1.807) is 0 Å². The summed E-state index contributed by atoms with van der Waals surface area (Å²) in [6.45, 7) is 8.62. The molecule has 1 aromatic heterocycles. The summed E-state index contributed by atoms with van der Waals surface area (Å²) in [6.07, 6.45) is 4.12. The van der Waals surface area contributed by atoms with E-state index in [0.717, 1.165) is 30.7 Å². The van der Waals surface area contributed by atoms with Gasteiger partial charge in [0.15, 0.2) is 0 Å². The predicted octanol–water partition coefficient (Wildman–Crippen LogP) is 3.94. The van der Waals surface area contributed by atoms with Crippen LogP contribution in [0.3, 0.4) is 0 Å². The highest BCUT2D eigenvalue weighted by molar-refractivity contribution is 7.13. The van der Waals surface area contributed by atoms with Crippen molar-refractivity contribution >= 4 is 17.3 Å². The average Bonchev–Trinajstić information content (AvgIpc) is 2.93. The van der Waals surface area contributed by atoms with Gasteiger partial charge in [0.2, 0.25) is 0 Å². The number of nitrogens with zero attached hydrogens (tertiary/aromatic N) is 1. The van der Waals surface area contributed by atoms with Crippen LogP contribution in [0.2, 0.25) is 0 Å². The first kappa shape index (κ1) is 15.4. The van der Waals surface area contributed by atoms with E-state index >= 15 is 0 Å². The molecule has 0 bridgehead atoms. The third-order valence-electron chi connectivity index (χ3n) is 3.75. The van der Waals surface area contributed by atoms with Gasteiger partial charge in [0, 0.05) is 12.0 Å². The number of carboxylic acids is 1. The number of aromatic nitrogens is 1. The Morgan fingerprint density at radius 2 is 2.00 bits per heavy atom. The molecule has 0 aliphatic heterocycles. The fourth-order valence-electron chi connectivity index (χ4n) is 2.81. The molecule has 1 aromatic rings. The van der Waals surface area contributed by atoms with Crippen LogP contribution in [-0.4, -0.2) is 22.7 Å². The molecule has 1 saturated carbocycles. The molecule has 0 amide bonds. The zero-order valence-electron chi connectivity index (χ0n) is 12.7. The summed E-state index contributed by atoms with van der Waals surface area (Å²) in [5.74, 6) is -0.886. The van der Waals surface area contributed by atoms with Crippen LogP contribution in [0, 0.1) is 0 Å². The Hall–Kier alpha value is -0.940. The minimum atomic E-state index is -0.886. The van der Waals surface area contributed by atoms with Crippen molar-refractivity contribution < 1.29 is 14.6 Å². The molecule has 1 N–H and O–H groups in total.